The van der Waals surface area contributed by atoms with Crippen LogP contribution in [0.25, 0.3) is 21.3 Å². The van der Waals surface area contributed by atoms with Crippen LogP contribution in [0.4, 0.5) is 0 Å². The Kier molecular flexibility index (Phi) is 5.77. The first kappa shape index (κ1) is 18.4. The zero-order valence-electron chi connectivity index (χ0n) is 14.4. The maximum absolute atomic E-state index is 5.71. The highest BCUT2D eigenvalue weighted by molar-refractivity contribution is 9.10. The van der Waals surface area contributed by atoms with Crippen LogP contribution in [0.3, 0.4) is 0 Å². The topological polar surface area (TPSA) is 65.7 Å². The van der Waals surface area contributed by atoms with Gasteiger partial charge in [-0.2, -0.15) is 0 Å². The monoisotopic (exact) mass is 437 g/mol. The Morgan fingerprint density at radius 1 is 1.24 bits per heavy atom. The first-order chi connectivity index (χ1) is 11.9. The third kappa shape index (κ3) is 5.03. The Morgan fingerprint density at radius 3 is 2.72 bits per heavy atom. The van der Waals surface area contributed by atoms with E-state index in [2.05, 4.69) is 55.6 Å². The van der Waals surface area contributed by atoms with Crippen LogP contribution in [-0.2, 0) is 11.5 Å². The van der Waals surface area contributed by atoms with Crippen molar-refractivity contribution >= 4 is 35.3 Å². The molecule has 0 unspecified atom stereocenters. The van der Waals surface area contributed by atoms with Gasteiger partial charge >= 0.3 is 0 Å². The van der Waals surface area contributed by atoms with E-state index < -0.39 is 8.07 Å². The van der Waals surface area contributed by atoms with Crippen molar-refractivity contribution in [2.75, 3.05) is 6.61 Å². The molecule has 9 heteroatoms. The second-order valence-electron chi connectivity index (χ2n) is 6.83. The van der Waals surface area contributed by atoms with Crippen molar-refractivity contribution in [3.05, 3.63) is 35.5 Å². The molecule has 0 N–H and O–H groups in total. The maximum atomic E-state index is 5.71. The number of ether oxygens (including phenoxy) is 1. The highest BCUT2D eigenvalue weighted by atomic mass is 79.9. The van der Waals surface area contributed by atoms with Crippen LogP contribution in [-0.4, -0.2) is 39.4 Å². The highest BCUT2D eigenvalue weighted by Gasteiger charge is 2.16. The van der Waals surface area contributed by atoms with Gasteiger partial charge in [0.2, 0.25) is 0 Å². The summed E-state index contributed by atoms with van der Waals surface area (Å²) < 4.78 is 8.19. The van der Waals surface area contributed by atoms with E-state index in [1.807, 2.05) is 12.1 Å². The summed E-state index contributed by atoms with van der Waals surface area (Å²) in [5.74, 6) is 0.651. The number of pyridine rings is 1. The van der Waals surface area contributed by atoms with E-state index >= 15 is 0 Å². The lowest BCUT2D eigenvalue weighted by Gasteiger charge is -2.15. The molecule has 0 amide bonds. The predicted molar refractivity (Wildman–Crippen MR) is 106 cm³/mol. The van der Waals surface area contributed by atoms with E-state index in [4.69, 9.17) is 4.74 Å². The van der Waals surface area contributed by atoms with E-state index in [0.717, 1.165) is 32.7 Å². The van der Waals surface area contributed by atoms with Gasteiger partial charge in [0.15, 0.2) is 5.82 Å². The molecule has 0 aromatic carbocycles. The van der Waals surface area contributed by atoms with Crippen molar-refractivity contribution in [2.45, 2.75) is 32.4 Å². The van der Waals surface area contributed by atoms with Gasteiger partial charge in [-0.15, -0.1) is 16.4 Å². The Labute approximate surface area is 160 Å². The summed E-state index contributed by atoms with van der Waals surface area (Å²) >= 11 is 5.07. The van der Waals surface area contributed by atoms with E-state index in [1.54, 1.807) is 34.7 Å². The molecule has 25 heavy (non-hydrogen) atoms. The summed E-state index contributed by atoms with van der Waals surface area (Å²) in [6.07, 6.45) is 5.21. The molecule has 0 spiro atoms. The molecule has 6 nitrogen and oxygen atoms in total. The summed E-state index contributed by atoms with van der Waals surface area (Å²) in [5.41, 5.74) is 1.03. The van der Waals surface area contributed by atoms with Crippen molar-refractivity contribution in [3.63, 3.8) is 0 Å². The second kappa shape index (κ2) is 7.86. The van der Waals surface area contributed by atoms with Crippen molar-refractivity contribution < 1.29 is 4.74 Å². The summed E-state index contributed by atoms with van der Waals surface area (Å²) in [6.45, 7) is 8.20. The third-order valence-corrected chi connectivity index (χ3v) is 7.11. The standard InChI is InChI=1S/C16H20BrN5OSSi/c1-25(2,3)9-8-23-11-22-10-19-15(21-22)13-14(17)20-16(24-13)12-4-6-18-7-5-12/h4-7,10H,8-9,11H2,1-3H3. The minimum atomic E-state index is -1.07. The largest absolute Gasteiger partial charge is 0.359 e. The molecule has 3 aromatic rings. The summed E-state index contributed by atoms with van der Waals surface area (Å²) in [5, 5.41) is 5.41. The number of thiazole rings is 1. The summed E-state index contributed by atoms with van der Waals surface area (Å²) in [7, 11) is -1.07. The van der Waals surface area contributed by atoms with Crippen LogP contribution >= 0.6 is 27.3 Å². The quantitative estimate of drug-likeness (QED) is 0.400. The van der Waals surface area contributed by atoms with Crippen LogP contribution < -0.4 is 0 Å². The number of hydrogen-bond acceptors (Lipinski definition) is 6. The Balaban J connectivity index is 1.67. The lowest BCUT2D eigenvalue weighted by molar-refractivity contribution is 0.0785. The van der Waals surface area contributed by atoms with Crippen LogP contribution in [0.15, 0.2) is 35.5 Å². The predicted octanol–water partition coefficient (Wildman–Crippen LogP) is 4.54. The lowest BCUT2D eigenvalue weighted by atomic mass is 10.3. The minimum absolute atomic E-state index is 0.422. The molecule has 0 aliphatic heterocycles. The first-order valence-corrected chi connectivity index (χ1v) is 13.3. The molecule has 0 saturated carbocycles. The molecule has 3 rings (SSSR count). The van der Waals surface area contributed by atoms with Crippen LogP contribution in [0.1, 0.15) is 0 Å². The molecule has 0 fully saturated rings. The lowest BCUT2D eigenvalue weighted by Crippen LogP contribution is -2.22. The van der Waals surface area contributed by atoms with Gasteiger partial charge in [-0.1, -0.05) is 19.6 Å². The molecule has 0 aliphatic carbocycles. The van der Waals surface area contributed by atoms with Crippen LogP contribution in [0.2, 0.25) is 25.7 Å². The fourth-order valence-corrected chi connectivity index (χ4v) is 4.43. The molecule has 0 saturated heterocycles. The number of rotatable bonds is 7. The third-order valence-electron chi connectivity index (χ3n) is 3.47. The number of halogens is 1. The fraction of sp³-hybridized carbons (Fsp3) is 0.375. The molecule has 3 aromatic heterocycles. The maximum Gasteiger partial charge on any atom is 0.194 e. The molecule has 0 bridgehead atoms. The minimum Gasteiger partial charge on any atom is -0.359 e. The average Bonchev–Trinajstić information content (AvgIpc) is 3.18. The second-order valence-corrected chi connectivity index (χ2v) is 14.2. The van der Waals surface area contributed by atoms with E-state index in [-0.39, 0.29) is 0 Å². The average molecular weight is 438 g/mol. The van der Waals surface area contributed by atoms with Gasteiger partial charge in [0, 0.05) is 32.6 Å². The van der Waals surface area contributed by atoms with Gasteiger partial charge < -0.3 is 4.74 Å². The molecule has 0 aliphatic rings. The number of hydrogen-bond donors (Lipinski definition) is 0. The Bertz CT molecular complexity index is 831. The zero-order chi connectivity index (χ0) is 17.9. The SMILES string of the molecule is C[Si](C)(C)CCOCn1cnc(-c2sc(-c3ccncc3)nc2Br)n1. The van der Waals surface area contributed by atoms with Crippen molar-refractivity contribution in [1.82, 2.24) is 24.7 Å². The fourth-order valence-electron chi connectivity index (χ4n) is 2.05. The van der Waals surface area contributed by atoms with Gasteiger partial charge in [-0.3, -0.25) is 4.98 Å². The Hall–Kier alpha value is -1.42. The van der Waals surface area contributed by atoms with Crippen molar-refractivity contribution in [2.24, 2.45) is 0 Å². The number of aromatic nitrogens is 5. The molecule has 0 radical (unpaired) electrons. The smallest absolute Gasteiger partial charge is 0.194 e. The molecular weight excluding hydrogens is 418 g/mol. The molecule has 3 heterocycles. The zero-order valence-corrected chi connectivity index (χ0v) is 17.8. The van der Waals surface area contributed by atoms with E-state index in [1.165, 1.54) is 0 Å². The van der Waals surface area contributed by atoms with Gasteiger partial charge in [0.1, 0.15) is 27.5 Å². The number of nitrogens with zero attached hydrogens (tertiary/aromatic N) is 5. The van der Waals surface area contributed by atoms with Crippen LogP contribution in [0, 0.1) is 0 Å². The van der Waals surface area contributed by atoms with Gasteiger partial charge in [-0.25, -0.2) is 14.6 Å². The van der Waals surface area contributed by atoms with Crippen molar-refractivity contribution in [3.8, 4) is 21.3 Å². The van der Waals surface area contributed by atoms with Crippen LogP contribution in [0.5, 0.6) is 0 Å². The van der Waals surface area contributed by atoms with Gasteiger partial charge in [-0.05, 0) is 34.1 Å². The highest BCUT2D eigenvalue weighted by Crippen LogP contribution is 2.36. The summed E-state index contributed by atoms with van der Waals surface area (Å²) in [6, 6.07) is 5.02. The van der Waals surface area contributed by atoms with Crippen molar-refractivity contribution in [1.29, 1.82) is 0 Å². The molecular formula is C16H20BrN5OSSi. The van der Waals surface area contributed by atoms with E-state index in [9.17, 15) is 0 Å². The normalized spacial score (nSPS) is 11.8. The van der Waals surface area contributed by atoms with Gasteiger partial charge in [0.25, 0.3) is 0 Å². The molecule has 132 valence electrons. The van der Waals surface area contributed by atoms with Gasteiger partial charge in [0.05, 0.1) is 0 Å². The Morgan fingerprint density at radius 2 is 2.00 bits per heavy atom. The van der Waals surface area contributed by atoms with E-state index in [0.29, 0.717) is 12.6 Å². The molecule has 0 atom stereocenters. The summed E-state index contributed by atoms with van der Waals surface area (Å²) in [4.78, 5) is 13.9. The first-order valence-electron chi connectivity index (χ1n) is 7.97.